The summed E-state index contributed by atoms with van der Waals surface area (Å²) in [4.78, 5) is 36.8. The van der Waals surface area contributed by atoms with Crippen LogP contribution in [0.3, 0.4) is 0 Å². The minimum atomic E-state index is -0.885. The monoisotopic (exact) mass is 323 g/mol. The third-order valence-electron chi connectivity index (χ3n) is 4.40. The van der Waals surface area contributed by atoms with Crippen LogP contribution in [0.25, 0.3) is 0 Å². The van der Waals surface area contributed by atoms with E-state index in [0.29, 0.717) is 28.9 Å². The number of Topliss-reactive ketones (excluding diaryl/α,β-unsaturated/α-hetero) is 1. The molecule has 3 rings (SSSR count). The molecule has 0 saturated carbocycles. The molecule has 24 heavy (non-hydrogen) atoms. The Hall–Kier alpha value is -2.95. The largest absolute Gasteiger partial charge is 0.481 e. The second-order valence-electron chi connectivity index (χ2n) is 5.97. The van der Waals surface area contributed by atoms with Gasteiger partial charge in [0.25, 0.3) is 5.91 Å². The molecule has 1 aliphatic heterocycles. The van der Waals surface area contributed by atoms with Crippen molar-refractivity contribution in [3.63, 3.8) is 0 Å². The lowest BCUT2D eigenvalue weighted by atomic mass is 10.0. The molecule has 1 aliphatic rings. The SMILES string of the molecule is CC(=O)c1ccc2c(c1)C(=O)N(c1ccc(C(C)C(=O)O)cc1)C2. The molecule has 0 spiro atoms. The summed E-state index contributed by atoms with van der Waals surface area (Å²) in [5.74, 6) is -1.70. The van der Waals surface area contributed by atoms with Gasteiger partial charge in [0.1, 0.15) is 0 Å². The number of fused-ring (bicyclic) bond motifs is 1. The van der Waals surface area contributed by atoms with E-state index in [2.05, 4.69) is 0 Å². The van der Waals surface area contributed by atoms with Crippen LogP contribution in [0.4, 0.5) is 5.69 Å². The molecule has 0 bridgehead atoms. The first-order valence-electron chi connectivity index (χ1n) is 7.67. The Labute approximate surface area is 139 Å². The number of hydrogen-bond acceptors (Lipinski definition) is 3. The van der Waals surface area contributed by atoms with Crippen LogP contribution in [-0.2, 0) is 11.3 Å². The molecule has 1 N–H and O–H groups in total. The number of ketones is 1. The zero-order valence-electron chi connectivity index (χ0n) is 13.4. The summed E-state index contributed by atoms with van der Waals surface area (Å²) < 4.78 is 0. The summed E-state index contributed by atoms with van der Waals surface area (Å²) in [5, 5.41) is 9.06. The van der Waals surface area contributed by atoms with Gasteiger partial charge in [0.05, 0.1) is 12.5 Å². The minimum absolute atomic E-state index is 0.0731. The van der Waals surface area contributed by atoms with E-state index in [-0.39, 0.29) is 11.7 Å². The number of carboxylic acid groups (broad SMARTS) is 1. The van der Waals surface area contributed by atoms with Crippen molar-refractivity contribution in [1.82, 2.24) is 0 Å². The number of rotatable bonds is 4. The predicted molar refractivity (Wildman–Crippen MR) is 89.5 cm³/mol. The summed E-state index contributed by atoms with van der Waals surface area (Å²) >= 11 is 0. The van der Waals surface area contributed by atoms with Crippen LogP contribution in [0, 0.1) is 0 Å². The maximum absolute atomic E-state index is 12.6. The maximum atomic E-state index is 12.6. The molecule has 0 radical (unpaired) electrons. The molecular weight excluding hydrogens is 306 g/mol. The molecule has 122 valence electrons. The quantitative estimate of drug-likeness (QED) is 0.877. The summed E-state index contributed by atoms with van der Waals surface area (Å²) in [6.45, 7) is 3.54. The highest BCUT2D eigenvalue weighted by Crippen LogP contribution is 2.30. The molecule has 1 atom stereocenters. The number of carbonyl (C=O) groups excluding carboxylic acids is 2. The van der Waals surface area contributed by atoms with Crippen LogP contribution in [-0.4, -0.2) is 22.8 Å². The smallest absolute Gasteiger partial charge is 0.310 e. The minimum Gasteiger partial charge on any atom is -0.481 e. The highest BCUT2D eigenvalue weighted by Gasteiger charge is 2.29. The van der Waals surface area contributed by atoms with Crippen LogP contribution in [0.5, 0.6) is 0 Å². The Morgan fingerprint density at radius 1 is 1.12 bits per heavy atom. The van der Waals surface area contributed by atoms with E-state index in [4.69, 9.17) is 5.11 Å². The number of hydrogen-bond donors (Lipinski definition) is 1. The van der Waals surface area contributed by atoms with E-state index in [1.54, 1.807) is 48.2 Å². The van der Waals surface area contributed by atoms with Gasteiger partial charge in [0.2, 0.25) is 0 Å². The molecule has 0 saturated heterocycles. The first-order valence-corrected chi connectivity index (χ1v) is 7.67. The van der Waals surface area contributed by atoms with Gasteiger partial charge in [0, 0.05) is 16.8 Å². The third kappa shape index (κ3) is 2.69. The number of benzene rings is 2. The van der Waals surface area contributed by atoms with Crippen LogP contribution in [0.15, 0.2) is 42.5 Å². The van der Waals surface area contributed by atoms with Crippen LogP contribution < -0.4 is 4.90 Å². The summed E-state index contributed by atoms with van der Waals surface area (Å²) in [6.07, 6.45) is 0. The summed E-state index contributed by atoms with van der Waals surface area (Å²) in [5.41, 5.74) is 3.35. The van der Waals surface area contributed by atoms with Gasteiger partial charge in [-0.3, -0.25) is 14.4 Å². The summed E-state index contributed by atoms with van der Waals surface area (Å²) in [6, 6.07) is 12.1. The van der Waals surface area contributed by atoms with E-state index in [0.717, 1.165) is 5.56 Å². The number of anilines is 1. The van der Waals surface area contributed by atoms with Crippen LogP contribution in [0.2, 0.25) is 0 Å². The fourth-order valence-electron chi connectivity index (χ4n) is 2.81. The van der Waals surface area contributed by atoms with Gasteiger partial charge in [-0.15, -0.1) is 0 Å². The second-order valence-corrected chi connectivity index (χ2v) is 5.97. The number of nitrogens with zero attached hydrogens (tertiary/aromatic N) is 1. The maximum Gasteiger partial charge on any atom is 0.310 e. The molecule has 2 aromatic carbocycles. The van der Waals surface area contributed by atoms with Crippen molar-refractivity contribution in [3.8, 4) is 0 Å². The van der Waals surface area contributed by atoms with Crippen molar-refractivity contribution < 1.29 is 19.5 Å². The average molecular weight is 323 g/mol. The Balaban J connectivity index is 1.88. The standard InChI is InChI=1S/C19H17NO4/c1-11(19(23)24)13-5-7-16(8-6-13)20-10-15-4-3-14(12(2)21)9-17(15)18(20)22/h3-9,11H,10H2,1-2H3,(H,23,24). The van der Waals surface area contributed by atoms with Crippen LogP contribution in [0.1, 0.15) is 51.6 Å². The van der Waals surface area contributed by atoms with Crippen molar-refractivity contribution in [2.45, 2.75) is 26.3 Å². The van der Waals surface area contributed by atoms with E-state index in [1.807, 2.05) is 6.07 Å². The highest BCUT2D eigenvalue weighted by molar-refractivity contribution is 6.11. The fourth-order valence-corrected chi connectivity index (χ4v) is 2.81. The molecule has 1 heterocycles. The van der Waals surface area contributed by atoms with Gasteiger partial charge in [-0.2, -0.15) is 0 Å². The van der Waals surface area contributed by atoms with Crippen LogP contribution >= 0.6 is 0 Å². The lowest BCUT2D eigenvalue weighted by Crippen LogP contribution is -2.23. The van der Waals surface area contributed by atoms with Crippen molar-refractivity contribution in [2.24, 2.45) is 0 Å². The highest BCUT2D eigenvalue weighted by atomic mass is 16.4. The lowest BCUT2D eigenvalue weighted by Gasteiger charge is -2.16. The molecule has 5 heteroatoms. The molecule has 2 aromatic rings. The molecular formula is C19H17NO4. The number of aliphatic carboxylic acids is 1. The average Bonchev–Trinajstić information content (AvgIpc) is 2.90. The van der Waals surface area contributed by atoms with Gasteiger partial charge < -0.3 is 10.0 Å². The number of carbonyl (C=O) groups is 3. The molecule has 0 aromatic heterocycles. The van der Waals surface area contributed by atoms with Crippen molar-refractivity contribution >= 4 is 23.3 Å². The Morgan fingerprint density at radius 2 is 1.79 bits per heavy atom. The molecule has 5 nitrogen and oxygen atoms in total. The van der Waals surface area contributed by atoms with E-state index in [9.17, 15) is 14.4 Å². The van der Waals surface area contributed by atoms with Gasteiger partial charge in [-0.1, -0.05) is 24.3 Å². The van der Waals surface area contributed by atoms with Crippen molar-refractivity contribution in [1.29, 1.82) is 0 Å². The van der Waals surface area contributed by atoms with E-state index >= 15 is 0 Å². The Bertz CT molecular complexity index is 839. The zero-order valence-corrected chi connectivity index (χ0v) is 13.4. The van der Waals surface area contributed by atoms with E-state index in [1.165, 1.54) is 6.92 Å². The normalized spacial score (nSPS) is 14.4. The Morgan fingerprint density at radius 3 is 2.38 bits per heavy atom. The van der Waals surface area contributed by atoms with Gasteiger partial charge in [0.15, 0.2) is 5.78 Å². The Kier molecular flexibility index (Phi) is 3.93. The third-order valence-corrected chi connectivity index (χ3v) is 4.40. The number of carboxylic acids is 1. The zero-order chi connectivity index (χ0) is 17.4. The fraction of sp³-hybridized carbons (Fsp3) is 0.211. The van der Waals surface area contributed by atoms with Gasteiger partial charge >= 0.3 is 5.97 Å². The second kappa shape index (κ2) is 5.92. The molecule has 1 amide bonds. The predicted octanol–water partition coefficient (Wildman–Crippen LogP) is 3.24. The van der Waals surface area contributed by atoms with Crippen molar-refractivity contribution in [2.75, 3.05) is 4.90 Å². The molecule has 0 aliphatic carbocycles. The molecule has 1 unspecified atom stereocenters. The van der Waals surface area contributed by atoms with Gasteiger partial charge in [-0.25, -0.2) is 0 Å². The summed E-state index contributed by atoms with van der Waals surface area (Å²) in [7, 11) is 0. The first-order chi connectivity index (χ1) is 11.4. The van der Waals surface area contributed by atoms with E-state index < -0.39 is 11.9 Å². The lowest BCUT2D eigenvalue weighted by molar-refractivity contribution is -0.138. The first kappa shape index (κ1) is 15.9. The topological polar surface area (TPSA) is 74.7 Å². The molecule has 0 fully saturated rings. The van der Waals surface area contributed by atoms with Crippen molar-refractivity contribution in [3.05, 3.63) is 64.7 Å². The van der Waals surface area contributed by atoms with Gasteiger partial charge in [-0.05, 0) is 43.2 Å². The number of amides is 1.